The number of para-hydroxylation sites is 1. The van der Waals surface area contributed by atoms with E-state index in [-0.39, 0.29) is 18.7 Å². The summed E-state index contributed by atoms with van der Waals surface area (Å²) in [7, 11) is 1.61. The molecule has 4 aromatic rings. The van der Waals surface area contributed by atoms with E-state index in [4.69, 9.17) is 9.94 Å². The van der Waals surface area contributed by atoms with Crippen LogP contribution in [0.4, 0.5) is 0 Å². The number of hydrogen-bond acceptors (Lipinski definition) is 6. The number of aromatic amines is 1. The third kappa shape index (κ3) is 8.86. The van der Waals surface area contributed by atoms with Crippen molar-refractivity contribution in [3.8, 4) is 5.75 Å². The van der Waals surface area contributed by atoms with Gasteiger partial charge in [0.2, 0.25) is 17.7 Å². The van der Waals surface area contributed by atoms with Crippen molar-refractivity contribution in [2.45, 2.75) is 31.1 Å². The number of ether oxygens (including phenoxy) is 1. The fourth-order valence-electron chi connectivity index (χ4n) is 4.65. The molecule has 3 amide bonds. The SMILES string of the molecule is COc1ccc(CSC[C@H](CC(=O)NO)C(=O)N[C@@H](Cc2c[nH]c3ccccc23)C(=O)NCCc2ccccc2)cc1. The number of thioether (sulfide) groups is 1. The maximum Gasteiger partial charge on any atom is 0.244 e. The molecular weight excluding hydrogens is 552 g/mol. The Bertz CT molecular complexity index is 1460. The first-order valence-corrected chi connectivity index (χ1v) is 14.9. The van der Waals surface area contributed by atoms with Crippen LogP contribution in [0.15, 0.2) is 85.1 Å². The lowest BCUT2D eigenvalue weighted by molar-refractivity contribution is -0.135. The molecule has 220 valence electrons. The number of benzene rings is 3. The van der Waals surface area contributed by atoms with E-state index < -0.39 is 23.8 Å². The van der Waals surface area contributed by atoms with Gasteiger partial charge in [0.15, 0.2) is 0 Å². The summed E-state index contributed by atoms with van der Waals surface area (Å²) in [5.41, 5.74) is 5.60. The van der Waals surface area contributed by atoms with Crippen molar-refractivity contribution in [2.75, 3.05) is 19.4 Å². The zero-order valence-corrected chi connectivity index (χ0v) is 24.3. The normalized spacial score (nSPS) is 12.3. The summed E-state index contributed by atoms with van der Waals surface area (Å²) in [6.45, 7) is 0.414. The van der Waals surface area contributed by atoms with Crippen molar-refractivity contribution in [1.82, 2.24) is 21.1 Å². The van der Waals surface area contributed by atoms with E-state index in [0.717, 1.165) is 33.3 Å². The van der Waals surface area contributed by atoms with E-state index in [1.165, 1.54) is 11.8 Å². The minimum absolute atomic E-state index is 0.215. The quantitative estimate of drug-likeness (QED) is 0.105. The molecule has 0 unspecified atom stereocenters. The molecule has 4 rings (SSSR count). The zero-order chi connectivity index (χ0) is 29.7. The molecule has 3 aromatic carbocycles. The first kappa shape index (κ1) is 30.7. The molecule has 2 atom stereocenters. The lowest BCUT2D eigenvalue weighted by Gasteiger charge is -2.22. The van der Waals surface area contributed by atoms with Crippen molar-refractivity contribution in [3.63, 3.8) is 0 Å². The molecule has 9 nitrogen and oxygen atoms in total. The molecule has 42 heavy (non-hydrogen) atoms. The number of H-pyrrole nitrogens is 1. The van der Waals surface area contributed by atoms with Gasteiger partial charge in [0.05, 0.1) is 13.0 Å². The average Bonchev–Trinajstić information content (AvgIpc) is 3.43. The molecule has 0 aliphatic heterocycles. The lowest BCUT2D eigenvalue weighted by Crippen LogP contribution is -2.50. The molecule has 0 spiro atoms. The van der Waals surface area contributed by atoms with E-state index in [9.17, 15) is 14.4 Å². The van der Waals surface area contributed by atoms with Gasteiger partial charge in [-0.05, 0) is 41.3 Å². The topological polar surface area (TPSA) is 133 Å². The summed E-state index contributed by atoms with van der Waals surface area (Å²) in [5.74, 6) is -0.467. The van der Waals surface area contributed by atoms with Crippen LogP contribution in [0.25, 0.3) is 10.9 Å². The summed E-state index contributed by atoms with van der Waals surface area (Å²) < 4.78 is 5.20. The van der Waals surface area contributed by atoms with Crippen LogP contribution in [0.1, 0.15) is 23.1 Å². The first-order valence-electron chi connectivity index (χ1n) is 13.8. The molecule has 1 heterocycles. The van der Waals surface area contributed by atoms with E-state index in [0.29, 0.717) is 24.5 Å². The number of hydroxylamine groups is 1. The van der Waals surface area contributed by atoms with Crippen molar-refractivity contribution in [2.24, 2.45) is 5.92 Å². The fraction of sp³-hybridized carbons (Fsp3) is 0.281. The van der Waals surface area contributed by atoms with Gasteiger partial charge < -0.3 is 20.4 Å². The number of carbonyl (C=O) groups excluding carboxylic acids is 3. The molecule has 0 radical (unpaired) electrons. The second-order valence-corrected chi connectivity index (χ2v) is 11.0. The van der Waals surface area contributed by atoms with Crippen molar-refractivity contribution in [1.29, 1.82) is 0 Å². The predicted molar refractivity (Wildman–Crippen MR) is 164 cm³/mol. The minimum atomic E-state index is -0.862. The molecule has 0 bridgehead atoms. The third-order valence-electron chi connectivity index (χ3n) is 6.96. The summed E-state index contributed by atoms with van der Waals surface area (Å²) in [5, 5.41) is 16.0. The number of hydrogen-bond donors (Lipinski definition) is 5. The van der Waals surface area contributed by atoms with E-state index in [1.54, 1.807) is 12.6 Å². The van der Waals surface area contributed by atoms with Gasteiger partial charge in [-0.2, -0.15) is 11.8 Å². The van der Waals surface area contributed by atoms with E-state index >= 15 is 0 Å². The predicted octanol–water partition coefficient (Wildman–Crippen LogP) is 4.01. The van der Waals surface area contributed by atoms with Gasteiger partial charge in [-0.3, -0.25) is 19.6 Å². The van der Waals surface area contributed by atoms with E-state index in [2.05, 4.69) is 15.6 Å². The van der Waals surface area contributed by atoms with E-state index in [1.807, 2.05) is 85.1 Å². The van der Waals surface area contributed by atoms with Crippen LogP contribution in [0.5, 0.6) is 5.75 Å². The average molecular weight is 589 g/mol. The molecule has 5 N–H and O–H groups in total. The Balaban J connectivity index is 1.45. The molecule has 0 fully saturated rings. The Kier molecular flexibility index (Phi) is 11.4. The zero-order valence-electron chi connectivity index (χ0n) is 23.5. The molecule has 0 saturated heterocycles. The highest BCUT2D eigenvalue weighted by atomic mass is 32.2. The molecule has 0 aliphatic rings. The van der Waals surface area contributed by atoms with Gasteiger partial charge in [-0.15, -0.1) is 0 Å². The monoisotopic (exact) mass is 588 g/mol. The van der Waals surface area contributed by atoms with Crippen LogP contribution in [0, 0.1) is 5.92 Å². The summed E-state index contributed by atoms with van der Waals surface area (Å²) in [6, 6.07) is 24.4. The Morgan fingerprint density at radius 1 is 0.929 bits per heavy atom. The van der Waals surface area contributed by atoms with Gasteiger partial charge >= 0.3 is 0 Å². The van der Waals surface area contributed by atoms with Crippen molar-refractivity contribution >= 4 is 40.4 Å². The van der Waals surface area contributed by atoms with Gasteiger partial charge in [0.1, 0.15) is 11.8 Å². The van der Waals surface area contributed by atoms with Crippen LogP contribution in [0.3, 0.4) is 0 Å². The molecule has 10 heteroatoms. The van der Waals surface area contributed by atoms with Gasteiger partial charge in [-0.25, -0.2) is 5.48 Å². The Morgan fingerprint density at radius 2 is 1.67 bits per heavy atom. The molecule has 1 aromatic heterocycles. The first-order chi connectivity index (χ1) is 20.5. The van der Waals surface area contributed by atoms with Gasteiger partial charge in [0, 0.05) is 48.0 Å². The maximum absolute atomic E-state index is 13.5. The number of amides is 3. The summed E-state index contributed by atoms with van der Waals surface area (Å²) in [4.78, 5) is 42.2. The highest BCUT2D eigenvalue weighted by molar-refractivity contribution is 7.98. The summed E-state index contributed by atoms with van der Waals surface area (Å²) >= 11 is 1.49. The Morgan fingerprint density at radius 3 is 2.40 bits per heavy atom. The molecule has 0 aliphatic carbocycles. The number of methoxy groups -OCH3 is 1. The second-order valence-electron chi connectivity index (χ2n) is 9.95. The van der Waals surface area contributed by atoms with Gasteiger partial charge in [-0.1, -0.05) is 60.7 Å². The highest BCUT2D eigenvalue weighted by Crippen LogP contribution is 2.22. The van der Waals surface area contributed by atoms with Crippen LogP contribution in [-0.2, 0) is 33.0 Å². The van der Waals surface area contributed by atoms with Crippen molar-refractivity contribution < 1.29 is 24.3 Å². The van der Waals surface area contributed by atoms with Crippen LogP contribution in [-0.4, -0.2) is 53.4 Å². The number of nitrogens with one attached hydrogen (secondary N) is 4. The molecular formula is C32H36N4O5S. The lowest BCUT2D eigenvalue weighted by atomic mass is 10.0. The number of aromatic nitrogens is 1. The maximum atomic E-state index is 13.5. The van der Waals surface area contributed by atoms with Crippen LogP contribution in [0.2, 0.25) is 0 Å². The highest BCUT2D eigenvalue weighted by Gasteiger charge is 2.28. The number of rotatable bonds is 15. The van der Waals surface area contributed by atoms with Crippen molar-refractivity contribution in [3.05, 3.63) is 102 Å². The van der Waals surface area contributed by atoms with Crippen LogP contribution < -0.4 is 20.9 Å². The Hall–Kier alpha value is -4.28. The minimum Gasteiger partial charge on any atom is -0.497 e. The molecule has 0 saturated carbocycles. The number of fused-ring (bicyclic) bond motifs is 1. The van der Waals surface area contributed by atoms with Crippen LogP contribution >= 0.6 is 11.8 Å². The fourth-order valence-corrected chi connectivity index (χ4v) is 5.75. The largest absolute Gasteiger partial charge is 0.497 e. The smallest absolute Gasteiger partial charge is 0.244 e. The third-order valence-corrected chi connectivity index (χ3v) is 8.14. The second kappa shape index (κ2) is 15.6. The standard InChI is InChI=1S/C32H36N4O5S/c1-41-26-13-11-23(12-14-26)20-42-21-25(18-30(37)36-40)31(38)35-29(17-24-19-34-28-10-6-5-9-27(24)28)32(39)33-16-15-22-7-3-2-4-8-22/h2-14,19,25,29,34,40H,15-18,20-21H2,1H3,(H,33,39)(H,35,38)(H,36,37)/t25-,29-/m0/s1. The Labute approximate surface area is 249 Å². The van der Waals surface area contributed by atoms with Gasteiger partial charge in [0.25, 0.3) is 0 Å². The number of carbonyl (C=O) groups is 3. The summed E-state index contributed by atoms with van der Waals surface area (Å²) in [6.07, 6.45) is 2.56.